The molecule has 1 aromatic rings. The van der Waals surface area contributed by atoms with E-state index in [-0.39, 0.29) is 0 Å². The molecule has 2 aliphatic rings. The van der Waals surface area contributed by atoms with Crippen LogP contribution >= 0.6 is 11.6 Å². The van der Waals surface area contributed by atoms with Gasteiger partial charge in [-0.1, -0.05) is 30.5 Å². The Kier molecular flexibility index (Phi) is 4.49. The molecule has 3 nitrogen and oxygen atoms in total. The molecule has 1 saturated carbocycles. The number of rotatable bonds is 3. The second kappa shape index (κ2) is 6.33. The van der Waals surface area contributed by atoms with Crippen molar-refractivity contribution in [3.63, 3.8) is 0 Å². The van der Waals surface area contributed by atoms with Crippen molar-refractivity contribution in [3.05, 3.63) is 28.8 Å². The standard InChI is InChI=1S/C16H24ClN3/c17-14-6-5-13(16(18)11-14)12-19-7-9-20(10-8-19)15-3-1-2-4-15/h5-6,11,15H,1-4,7-10,12,18H2. The quantitative estimate of drug-likeness (QED) is 0.870. The first-order chi connectivity index (χ1) is 9.72. The van der Waals surface area contributed by atoms with Gasteiger partial charge in [0.25, 0.3) is 0 Å². The van der Waals surface area contributed by atoms with Gasteiger partial charge in [-0.3, -0.25) is 9.80 Å². The minimum Gasteiger partial charge on any atom is -0.398 e. The van der Waals surface area contributed by atoms with E-state index in [9.17, 15) is 0 Å². The van der Waals surface area contributed by atoms with Crippen molar-refractivity contribution in [2.45, 2.75) is 38.3 Å². The van der Waals surface area contributed by atoms with Gasteiger partial charge in [0.05, 0.1) is 0 Å². The van der Waals surface area contributed by atoms with Gasteiger partial charge in [0, 0.05) is 49.5 Å². The summed E-state index contributed by atoms with van der Waals surface area (Å²) in [6.45, 7) is 5.66. The maximum absolute atomic E-state index is 6.04. The van der Waals surface area contributed by atoms with E-state index in [4.69, 9.17) is 17.3 Å². The molecule has 0 atom stereocenters. The largest absolute Gasteiger partial charge is 0.398 e. The third-order valence-electron chi connectivity index (χ3n) is 4.75. The monoisotopic (exact) mass is 293 g/mol. The molecule has 110 valence electrons. The summed E-state index contributed by atoms with van der Waals surface area (Å²) in [4.78, 5) is 5.19. The SMILES string of the molecule is Nc1cc(Cl)ccc1CN1CCN(C2CCCC2)CC1. The highest BCUT2D eigenvalue weighted by atomic mass is 35.5. The van der Waals surface area contributed by atoms with Crippen molar-refractivity contribution in [2.24, 2.45) is 0 Å². The van der Waals surface area contributed by atoms with Crippen LogP contribution in [0.5, 0.6) is 0 Å². The van der Waals surface area contributed by atoms with Crippen LogP contribution in [0.1, 0.15) is 31.2 Å². The van der Waals surface area contributed by atoms with E-state index in [1.807, 2.05) is 12.1 Å². The zero-order chi connectivity index (χ0) is 13.9. The molecule has 1 aliphatic heterocycles. The summed E-state index contributed by atoms with van der Waals surface area (Å²) in [5.74, 6) is 0. The lowest BCUT2D eigenvalue weighted by Gasteiger charge is -2.38. The maximum atomic E-state index is 6.04. The Balaban J connectivity index is 1.53. The molecule has 4 heteroatoms. The predicted molar refractivity (Wildman–Crippen MR) is 85.0 cm³/mol. The number of hydrogen-bond donors (Lipinski definition) is 1. The Morgan fingerprint density at radius 3 is 2.45 bits per heavy atom. The van der Waals surface area contributed by atoms with E-state index in [0.29, 0.717) is 0 Å². The van der Waals surface area contributed by atoms with Gasteiger partial charge in [-0.05, 0) is 30.5 Å². The number of anilines is 1. The van der Waals surface area contributed by atoms with Crippen LogP contribution in [0.2, 0.25) is 5.02 Å². The molecule has 1 saturated heterocycles. The Morgan fingerprint density at radius 1 is 1.10 bits per heavy atom. The van der Waals surface area contributed by atoms with Crippen LogP contribution in [0.15, 0.2) is 18.2 Å². The highest BCUT2D eigenvalue weighted by molar-refractivity contribution is 6.30. The van der Waals surface area contributed by atoms with E-state index in [1.165, 1.54) is 44.3 Å². The van der Waals surface area contributed by atoms with Crippen LogP contribution in [0.4, 0.5) is 5.69 Å². The number of hydrogen-bond acceptors (Lipinski definition) is 3. The van der Waals surface area contributed by atoms with Gasteiger partial charge in [-0.25, -0.2) is 0 Å². The molecule has 1 aliphatic carbocycles. The van der Waals surface area contributed by atoms with Crippen LogP contribution in [0, 0.1) is 0 Å². The summed E-state index contributed by atoms with van der Waals surface area (Å²) in [6, 6.07) is 6.70. The van der Waals surface area contributed by atoms with Gasteiger partial charge in [-0.2, -0.15) is 0 Å². The highest BCUT2D eigenvalue weighted by Gasteiger charge is 2.26. The minimum absolute atomic E-state index is 0.720. The van der Waals surface area contributed by atoms with E-state index >= 15 is 0 Å². The van der Waals surface area contributed by atoms with Crippen molar-refractivity contribution in [3.8, 4) is 0 Å². The van der Waals surface area contributed by atoms with Gasteiger partial charge in [0.15, 0.2) is 0 Å². The molecule has 0 spiro atoms. The molecule has 1 aromatic carbocycles. The fourth-order valence-corrected chi connectivity index (χ4v) is 3.69. The summed E-state index contributed by atoms with van der Waals surface area (Å²) in [7, 11) is 0. The first-order valence-electron chi connectivity index (χ1n) is 7.73. The Hall–Kier alpha value is -0.770. The third-order valence-corrected chi connectivity index (χ3v) is 4.98. The van der Waals surface area contributed by atoms with E-state index in [1.54, 1.807) is 0 Å². The molecule has 0 radical (unpaired) electrons. The van der Waals surface area contributed by atoms with Crippen molar-refractivity contribution in [2.75, 3.05) is 31.9 Å². The lowest BCUT2D eigenvalue weighted by molar-refractivity contribution is 0.0938. The topological polar surface area (TPSA) is 32.5 Å². The summed E-state index contributed by atoms with van der Waals surface area (Å²) in [5, 5.41) is 0.720. The summed E-state index contributed by atoms with van der Waals surface area (Å²) in [5.41, 5.74) is 8.06. The predicted octanol–water partition coefficient (Wildman–Crippen LogP) is 2.98. The lowest BCUT2D eigenvalue weighted by Crippen LogP contribution is -2.49. The number of nitrogen functional groups attached to an aromatic ring is 1. The van der Waals surface area contributed by atoms with Crippen LogP contribution in [-0.2, 0) is 6.54 Å². The van der Waals surface area contributed by atoms with Gasteiger partial charge >= 0.3 is 0 Å². The van der Waals surface area contributed by atoms with Gasteiger partial charge in [-0.15, -0.1) is 0 Å². The normalized spacial score (nSPS) is 22.4. The fourth-order valence-electron chi connectivity index (χ4n) is 3.51. The second-order valence-electron chi connectivity index (χ2n) is 6.09. The van der Waals surface area contributed by atoms with Crippen molar-refractivity contribution >= 4 is 17.3 Å². The number of benzene rings is 1. The number of nitrogens with zero attached hydrogens (tertiary/aromatic N) is 2. The second-order valence-corrected chi connectivity index (χ2v) is 6.53. The molecule has 0 bridgehead atoms. The summed E-state index contributed by atoms with van der Waals surface area (Å²) >= 11 is 5.95. The smallest absolute Gasteiger partial charge is 0.0426 e. The molecule has 2 N–H and O–H groups in total. The maximum Gasteiger partial charge on any atom is 0.0426 e. The van der Waals surface area contributed by atoms with Crippen molar-refractivity contribution in [1.82, 2.24) is 9.80 Å². The van der Waals surface area contributed by atoms with E-state index < -0.39 is 0 Å². The Labute approximate surface area is 126 Å². The van der Waals surface area contributed by atoms with Crippen LogP contribution in [0.25, 0.3) is 0 Å². The first kappa shape index (κ1) is 14.2. The average molecular weight is 294 g/mol. The highest BCUT2D eigenvalue weighted by Crippen LogP contribution is 2.25. The summed E-state index contributed by atoms with van der Waals surface area (Å²) < 4.78 is 0. The van der Waals surface area contributed by atoms with E-state index in [0.717, 1.165) is 36.4 Å². The molecule has 1 heterocycles. The van der Waals surface area contributed by atoms with Crippen LogP contribution in [-0.4, -0.2) is 42.0 Å². The Morgan fingerprint density at radius 2 is 1.80 bits per heavy atom. The number of nitrogens with two attached hydrogens (primary N) is 1. The van der Waals surface area contributed by atoms with Crippen molar-refractivity contribution < 1.29 is 0 Å². The van der Waals surface area contributed by atoms with E-state index in [2.05, 4.69) is 15.9 Å². The molecule has 0 unspecified atom stereocenters. The van der Waals surface area contributed by atoms with Gasteiger partial charge in [0.2, 0.25) is 0 Å². The molecular formula is C16H24ClN3. The third kappa shape index (κ3) is 3.27. The van der Waals surface area contributed by atoms with Gasteiger partial charge in [0.1, 0.15) is 0 Å². The molecule has 2 fully saturated rings. The van der Waals surface area contributed by atoms with Gasteiger partial charge < -0.3 is 5.73 Å². The zero-order valence-corrected chi connectivity index (χ0v) is 12.8. The number of halogens is 1. The summed E-state index contributed by atoms with van der Waals surface area (Å²) in [6.07, 6.45) is 5.66. The lowest BCUT2D eigenvalue weighted by atomic mass is 10.1. The first-order valence-corrected chi connectivity index (χ1v) is 8.10. The average Bonchev–Trinajstić information content (AvgIpc) is 2.97. The number of piperazine rings is 1. The van der Waals surface area contributed by atoms with Crippen LogP contribution < -0.4 is 5.73 Å². The Bertz CT molecular complexity index is 449. The molecule has 0 amide bonds. The van der Waals surface area contributed by atoms with Crippen LogP contribution in [0.3, 0.4) is 0 Å². The van der Waals surface area contributed by atoms with Crippen molar-refractivity contribution in [1.29, 1.82) is 0 Å². The molecular weight excluding hydrogens is 270 g/mol. The molecule has 0 aromatic heterocycles. The fraction of sp³-hybridized carbons (Fsp3) is 0.625. The molecule has 3 rings (SSSR count). The zero-order valence-electron chi connectivity index (χ0n) is 12.0. The molecule has 20 heavy (non-hydrogen) atoms. The minimum atomic E-state index is 0.720.